The van der Waals surface area contributed by atoms with Crippen LogP contribution in [-0.4, -0.2) is 46.5 Å². The number of carbonyl (C=O) groups excluding carboxylic acids is 1. The van der Waals surface area contributed by atoms with E-state index in [9.17, 15) is 18.0 Å². The van der Waals surface area contributed by atoms with Crippen LogP contribution in [0.2, 0.25) is 0 Å². The van der Waals surface area contributed by atoms with Crippen LogP contribution in [0.25, 0.3) is 0 Å². The topological polar surface area (TPSA) is 47.4 Å². The first-order chi connectivity index (χ1) is 11.8. The Kier molecular flexibility index (Phi) is 5.09. The zero-order valence-corrected chi connectivity index (χ0v) is 14.6. The molecule has 1 aliphatic carbocycles. The summed E-state index contributed by atoms with van der Waals surface area (Å²) in [6.45, 7) is 3.45. The number of rotatable bonds is 3. The summed E-state index contributed by atoms with van der Waals surface area (Å²) in [5, 5.41) is 4.07. The van der Waals surface area contributed by atoms with Crippen LogP contribution in [0, 0.1) is 19.8 Å². The van der Waals surface area contributed by atoms with Gasteiger partial charge in [-0.1, -0.05) is 12.8 Å². The highest BCUT2D eigenvalue weighted by atomic mass is 19.4. The monoisotopic (exact) mass is 359 g/mol. The van der Waals surface area contributed by atoms with Gasteiger partial charge in [0.25, 0.3) is 0 Å². The standard InChI is InChI=1S/C17H24F3N3O2/c1-11-15(12(2)23(21-11)10-17(18,19)20)14-9-25-8-7-22(14)16(24)13-5-3-4-6-13/h13-14H,3-10H2,1-2H3/t14-/m0/s1. The Morgan fingerprint density at radius 2 is 1.96 bits per heavy atom. The molecule has 2 fully saturated rings. The second kappa shape index (κ2) is 6.97. The summed E-state index contributed by atoms with van der Waals surface area (Å²) in [6, 6.07) is -0.358. The Hall–Kier alpha value is -1.57. The molecular formula is C17H24F3N3O2. The highest BCUT2D eigenvalue weighted by Crippen LogP contribution is 2.34. The molecule has 0 bridgehead atoms. The molecule has 0 aromatic carbocycles. The molecular weight excluding hydrogens is 335 g/mol. The van der Waals surface area contributed by atoms with Crippen LogP contribution in [0.15, 0.2) is 0 Å². The third-order valence-corrected chi connectivity index (χ3v) is 5.22. The third-order valence-electron chi connectivity index (χ3n) is 5.22. The van der Waals surface area contributed by atoms with Crippen molar-refractivity contribution in [1.82, 2.24) is 14.7 Å². The number of hydrogen-bond donors (Lipinski definition) is 0. The predicted octanol–water partition coefficient (Wildman–Crippen LogP) is 3.15. The lowest BCUT2D eigenvalue weighted by Crippen LogP contribution is -2.46. The molecule has 1 aliphatic heterocycles. The quantitative estimate of drug-likeness (QED) is 0.833. The van der Waals surface area contributed by atoms with Gasteiger partial charge in [0.1, 0.15) is 6.54 Å². The molecule has 1 saturated heterocycles. The number of halogens is 3. The lowest BCUT2D eigenvalue weighted by Gasteiger charge is -2.37. The van der Waals surface area contributed by atoms with Gasteiger partial charge in [0.2, 0.25) is 5.91 Å². The van der Waals surface area contributed by atoms with Gasteiger partial charge in [-0.2, -0.15) is 18.3 Å². The van der Waals surface area contributed by atoms with Crippen LogP contribution in [0.5, 0.6) is 0 Å². The summed E-state index contributed by atoms with van der Waals surface area (Å²) < 4.78 is 44.8. The highest BCUT2D eigenvalue weighted by Gasteiger charge is 2.37. The maximum Gasteiger partial charge on any atom is 0.408 e. The van der Waals surface area contributed by atoms with Crippen LogP contribution >= 0.6 is 0 Å². The van der Waals surface area contributed by atoms with Crippen molar-refractivity contribution in [2.75, 3.05) is 19.8 Å². The second-order valence-corrected chi connectivity index (χ2v) is 6.96. The van der Waals surface area contributed by atoms with E-state index in [1.165, 1.54) is 0 Å². The Morgan fingerprint density at radius 1 is 1.28 bits per heavy atom. The molecule has 2 heterocycles. The zero-order chi connectivity index (χ0) is 18.2. The maximum absolute atomic E-state index is 12.9. The van der Waals surface area contributed by atoms with E-state index in [0.717, 1.165) is 30.4 Å². The maximum atomic E-state index is 12.9. The smallest absolute Gasteiger partial charge is 0.377 e. The Bertz CT molecular complexity index is 636. The molecule has 0 spiro atoms. The summed E-state index contributed by atoms with van der Waals surface area (Å²) in [5.74, 6) is 0.139. The van der Waals surface area contributed by atoms with Gasteiger partial charge in [-0.05, 0) is 26.7 Å². The fourth-order valence-corrected chi connectivity index (χ4v) is 4.03. The van der Waals surface area contributed by atoms with Crippen LogP contribution in [-0.2, 0) is 16.1 Å². The van der Waals surface area contributed by atoms with E-state index in [1.807, 2.05) is 0 Å². The molecule has 1 saturated carbocycles. The number of alkyl halides is 3. The molecule has 1 amide bonds. The largest absolute Gasteiger partial charge is 0.408 e. The van der Waals surface area contributed by atoms with Gasteiger partial charge in [0, 0.05) is 23.7 Å². The predicted molar refractivity (Wildman–Crippen MR) is 85.0 cm³/mol. The van der Waals surface area contributed by atoms with Crippen molar-refractivity contribution < 1.29 is 22.7 Å². The number of aryl methyl sites for hydroxylation is 1. The molecule has 140 valence electrons. The van der Waals surface area contributed by atoms with Crippen LogP contribution in [0.3, 0.4) is 0 Å². The number of carbonyl (C=O) groups is 1. The van der Waals surface area contributed by atoms with Gasteiger partial charge in [0.15, 0.2) is 0 Å². The fourth-order valence-electron chi connectivity index (χ4n) is 4.03. The number of morpholine rings is 1. The SMILES string of the molecule is Cc1nn(CC(F)(F)F)c(C)c1[C@@H]1COCCN1C(=O)C1CCCC1. The number of ether oxygens (including phenoxy) is 1. The summed E-state index contributed by atoms with van der Waals surface area (Å²) >= 11 is 0. The van der Waals surface area contributed by atoms with Gasteiger partial charge in [-0.3, -0.25) is 9.48 Å². The van der Waals surface area contributed by atoms with E-state index < -0.39 is 12.7 Å². The first kappa shape index (κ1) is 18.2. The molecule has 1 atom stereocenters. The number of amides is 1. The summed E-state index contributed by atoms with van der Waals surface area (Å²) in [4.78, 5) is 14.7. The minimum Gasteiger partial charge on any atom is -0.377 e. The summed E-state index contributed by atoms with van der Waals surface area (Å²) in [6.07, 6.45) is -0.411. The van der Waals surface area contributed by atoms with E-state index in [-0.39, 0.29) is 17.9 Å². The lowest BCUT2D eigenvalue weighted by molar-refractivity contribution is -0.145. The normalized spacial score (nSPS) is 22.6. The minimum absolute atomic E-state index is 0.0337. The van der Waals surface area contributed by atoms with Crippen molar-refractivity contribution in [2.45, 2.75) is 58.3 Å². The van der Waals surface area contributed by atoms with Crippen LogP contribution < -0.4 is 0 Å². The van der Waals surface area contributed by atoms with Crippen molar-refractivity contribution in [1.29, 1.82) is 0 Å². The van der Waals surface area contributed by atoms with Crippen LogP contribution in [0.4, 0.5) is 13.2 Å². The van der Waals surface area contributed by atoms with Gasteiger partial charge >= 0.3 is 6.18 Å². The molecule has 1 aromatic rings. The van der Waals surface area contributed by atoms with Gasteiger partial charge in [-0.15, -0.1) is 0 Å². The molecule has 0 unspecified atom stereocenters. The molecule has 0 radical (unpaired) electrons. The zero-order valence-electron chi connectivity index (χ0n) is 14.6. The van der Waals surface area contributed by atoms with E-state index >= 15 is 0 Å². The van der Waals surface area contributed by atoms with E-state index in [4.69, 9.17) is 4.74 Å². The Morgan fingerprint density at radius 3 is 2.60 bits per heavy atom. The molecule has 3 rings (SSSR count). The first-order valence-corrected chi connectivity index (χ1v) is 8.77. The molecule has 2 aliphatic rings. The third kappa shape index (κ3) is 3.83. The van der Waals surface area contributed by atoms with Crippen molar-refractivity contribution in [3.63, 3.8) is 0 Å². The first-order valence-electron chi connectivity index (χ1n) is 8.77. The summed E-state index contributed by atoms with van der Waals surface area (Å²) in [7, 11) is 0. The van der Waals surface area contributed by atoms with Gasteiger partial charge in [0.05, 0.1) is 24.9 Å². The minimum atomic E-state index is -4.33. The van der Waals surface area contributed by atoms with Crippen LogP contribution in [0.1, 0.15) is 48.7 Å². The van der Waals surface area contributed by atoms with E-state index in [2.05, 4.69) is 5.10 Å². The molecule has 0 N–H and O–H groups in total. The molecule has 25 heavy (non-hydrogen) atoms. The van der Waals surface area contributed by atoms with Gasteiger partial charge < -0.3 is 9.64 Å². The lowest BCUT2D eigenvalue weighted by atomic mass is 9.99. The average molecular weight is 359 g/mol. The van der Waals surface area contributed by atoms with Gasteiger partial charge in [-0.25, -0.2) is 0 Å². The van der Waals surface area contributed by atoms with Crippen molar-refractivity contribution in [3.05, 3.63) is 17.0 Å². The van der Waals surface area contributed by atoms with Crippen molar-refractivity contribution in [2.24, 2.45) is 5.92 Å². The highest BCUT2D eigenvalue weighted by molar-refractivity contribution is 5.79. The number of hydrogen-bond acceptors (Lipinski definition) is 3. The average Bonchev–Trinajstić information content (AvgIpc) is 3.15. The molecule has 1 aromatic heterocycles. The Labute approximate surface area is 145 Å². The molecule has 5 nitrogen and oxygen atoms in total. The molecule has 8 heteroatoms. The number of nitrogens with zero attached hydrogens (tertiary/aromatic N) is 3. The van der Waals surface area contributed by atoms with E-state index in [1.54, 1.807) is 18.7 Å². The number of aromatic nitrogens is 2. The summed E-state index contributed by atoms with van der Waals surface area (Å²) in [5.41, 5.74) is 1.67. The van der Waals surface area contributed by atoms with E-state index in [0.29, 0.717) is 36.7 Å². The van der Waals surface area contributed by atoms with Crippen molar-refractivity contribution >= 4 is 5.91 Å². The van der Waals surface area contributed by atoms with Crippen molar-refractivity contribution in [3.8, 4) is 0 Å². The Balaban J connectivity index is 1.88. The second-order valence-electron chi connectivity index (χ2n) is 6.96. The fraction of sp³-hybridized carbons (Fsp3) is 0.765.